The fourth-order valence-electron chi connectivity index (χ4n) is 1.99. The maximum atomic E-state index is 13.1. The summed E-state index contributed by atoms with van der Waals surface area (Å²) in [7, 11) is 0. The van der Waals surface area contributed by atoms with Crippen molar-refractivity contribution >= 4 is 15.9 Å². The maximum absolute atomic E-state index is 13.1. The van der Waals surface area contributed by atoms with Gasteiger partial charge in [0.15, 0.2) is 0 Å². The first-order chi connectivity index (χ1) is 10.1. The lowest BCUT2D eigenvalue weighted by atomic mass is 10.2. The molecule has 0 heterocycles. The van der Waals surface area contributed by atoms with Crippen molar-refractivity contribution in [3.63, 3.8) is 0 Å². The van der Waals surface area contributed by atoms with Gasteiger partial charge in [0, 0.05) is 11.0 Å². The molecule has 0 unspecified atom stereocenters. The van der Waals surface area contributed by atoms with Crippen LogP contribution in [-0.4, -0.2) is 6.54 Å². The molecular formula is C17H19BrFNO. The molecule has 2 aromatic carbocycles. The molecule has 0 amide bonds. The summed E-state index contributed by atoms with van der Waals surface area (Å²) in [6.07, 6.45) is 1.11. The molecule has 0 atom stereocenters. The number of halogens is 2. The lowest BCUT2D eigenvalue weighted by molar-refractivity contribution is 0.476. The third-order valence-corrected chi connectivity index (χ3v) is 3.87. The van der Waals surface area contributed by atoms with E-state index in [1.165, 1.54) is 17.7 Å². The summed E-state index contributed by atoms with van der Waals surface area (Å²) in [4.78, 5) is 0. The van der Waals surface area contributed by atoms with Crippen LogP contribution < -0.4 is 10.1 Å². The number of ether oxygens (including phenoxy) is 1. The van der Waals surface area contributed by atoms with Gasteiger partial charge < -0.3 is 10.1 Å². The molecule has 0 saturated carbocycles. The number of hydrogen-bond acceptors (Lipinski definition) is 2. The van der Waals surface area contributed by atoms with Crippen molar-refractivity contribution in [1.29, 1.82) is 0 Å². The Balaban J connectivity index is 2.09. The highest BCUT2D eigenvalue weighted by Crippen LogP contribution is 2.29. The summed E-state index contributed by atoms with van der Waals surface area (Å²) in [5.41, 5.74) is 1.96. The van der Waals surface area contributed by atoms with Gasteiger partial charge in [0.25, 0.3) is 0 Å². The lowest BCUT2D eigenvalue weighted by Crippen LogP contribution is -2.14. The number of hydrogen-bond donors (Lipinski definition) is 1. The van der Waals surface area contributed by atoms with E-state index < -0.39 is 0 Å². The van der Waals surface area contributed by atoms with Crippen molar-refractivity contribution in [3.8, 4) is 11.5 Å². The van der Waals surface area contributed by atoms with Gasteiger partial charge in [-0.2, -0.15) is 0 Å². The molecule has 0 aliphatic heterocycles. The van der Waals surface area contributed by atoms with E-state index >= 15 is 0 Å². The molecule has 2 nitrogen and oxygen atoms in total. The van der Waals surface area contributed by atoms with Gasteiger partial charge in [-0.25, -0.2) is 4.39 Å². The quantitative estimate of drug-likeness (QED) is 0.723. The summed E-state index contributed by atoms with van der Waals surface area (Å²) < 4.78 is 19.9. The first kappa shape index (κ1) is 16.0. The summed E-state index contributed by atoms with van der Waals surface area (Å²) in [5, 5.41) is 3.36. The molecule has 4 heteroatoms. The second kappa shape index (κ2) is 7.57. The molecule has 0 fully saturated rings. The molecule has 0 saturated heterocycles. The van der Waals surface area contributed by atoms with E-state index in [4.69, 9.17) is 4.74 Å². The van der Waals surface area contributed by atoms with Gasteiger partial charge in [-0.05, 0) is 61.3 Å². The van der Waals surface area contributed by atoms with Gasteiger partial charge in [-0.1, -0.05) is 28.9 Å². The summed E-state index contributed by atoms with van der Waals surface area (Å²) >= 11 is 3.56. The van der Waals surface area contributed by atoms with Crippen LogP contribution in [0.3, 0.4) is 0 Å². The summed E-state index contributed by atoms with van der Waals surface area (Å²) in [6.45, 7) is 5.80. The van der Waals surface area contributed by atoms with E-state index in [0.29, 0.717) is 5.75 Å². The molecule has 2 rings (SSSR count). The van der Waals surface area contributed by atoms with Gasteiger partial charge in [-0.3, -0.25) is 0 Å². The minimum atomic E-state index is -0.252. The van der Waals surface area contributed by atoms with Gasteiger partial charge >= 0.3 is 0 Å². The zero-order valence-corrected chi connectivity index (χ0v) is 13.8. The predicted molar refractivity (Wildman–Crippen MR) is 87.4 cm³/mol. The fourth-order valence-corrected chi connectivity index (χ4v) is 2.49. The van der Waals surface area contributed by atoms with E-state index in [1.807, 2.05) is 25.1 Å². The number of aryl methyl sites for hydroxylation is 1. The van der Waals surface area contributed by atoms with E-state index in [-0.39, 0.29) is 5.82 Å². The third kappa shape index (κ3) is 4.55. The molecule has 2 aromatic rings. The van der Waals surface area contributed by atoms with Crippen LogP contribution in [-0.2, 0) is 6.54 Å². The van der Waals surface area contributed by atoms with Gasteiger partial charge in [0.1, 0.15) is 17.3 Å². The van der Waals surface area contributed by atoms with Crippen molar-refractivity contribution in [2.75, 3.05) is 6.54 Å². The van der Waals surface area contributed by atoms with Gasteiger partial charge in [-0.15, -0.1) is 0 Å². The Bertz CT molecular complexity index is 616. The SMILES string of the molecule is CCCNCc1ccc(Oc2ccc(F)cc2C)cc1Br. The molecule has 0 spiro atoms. The molecular weight excluding hydrogens is 333 g/mol. The number of benzene rings is 2. The van der Waals surface area contributed by atoms with Crippen LogP contribution in [0, 0.1) is 12.7 Å². The van der Waals surface area contributed by atoms with Crippen LogP contribution in [0.4, 0.5) is 4.39 Å². The highest BCUT2D eigenvalue weighted by Gasteiger charge is 2.06. The van der Waals surface area contributed by atoms with E-state index in [9.17, 15) is 4.39 Å². The first-order valence-corrected chi connectivity index (χ1v) is 7.82. The fraction of sp³-hybridized carbons (Fsp3) is 0.294. The monoisotopic (exact) mass is 351 g/mol. The smallest absolute Gasteiger partial charge is 0.130 e. The average Bonchev–Trinajstić information content (AvgIpc) is 2.44. The van der Waals surface area contributed by atoms with Gasteiger partial charge in [0.2, 0.25) is 0 Å². The number of rotatable bonds is 6. The Kier molecular flexibility index (Phi) is 5.76. The minimum Gasteiger partial charge on any atom is -0.457 e. The molecule has 0 aliphatic rings. The van der Waals surface area contributed by atoms with Crippen LogP contribution >= 0.6 is 15.9 Å². The van der Waals surface area contributed by atoms with Crippen LogP contribution in [0.25, 0.3) is 0 Å². The molecule has 112 valence electrons. The molecule has 0 bridgehead atoms. The zero-order valence-electron chi connectivity index (χ0n) is 12.2. The zero-order chi connectivity index (χ0) is 15.2. The second-order valence-electron chi connectivity index (χ2n) is 4.94. The van der Waals surface area contributed by atoms with Crippen molar-refractivity contribution in [1.82, 2.24) is 5.32 Å². The average molecular weight is 352 g/mol. The Morgan fingerprint density at radius 1 is 1.19 bits per heavy atom. The predicted octanol–water partition coefficient (Wildman–Crippen LogP) is 5.19. The highest BCUT2D eigenvalue weighted by atomic mass is 79.9. The Morgan fingerprint density at radius 3 is 2.67 bits per heavy atom. The summed E-state index contributed by atoms with van der Waals surface area (Å²) in [6, 6.07) is 10.4. The topological polar surface area (TPSA) is 21.3 Å². The largest absolute Gasteiger partial charge is 0.457 e. The Labute approximate surface area is 133 Å². The van der Waals surface area contributed by atoms with Crippen molar-refractivity contribution in [2.24, 2.45) is 0 Å². The first-order valence-electron chi connectivity index (χ1n) is 7.03. The van der Waals surface area contributed by atoms with Gasteiger partial charge in [0.05, 0.1) is 0 Å². The van der Waals surface area contributed by atoms with Crippen molar-refractivity contribution in [2.45, 2.75) is 26.8 Å². The van der Waals surface area contributed by atoms with Crippen LogP contribution in [0.2, 0.25) is 0 Å². The van der Waals surface area contributed by atoms with Crippen LogP contribution in [0.5, 0.6) is 11.5 Å². The number of nitrogens with one attached hydrogen (secondary N) is 1. The standard InChI is InChI=1S/C17H19BrFNO/c1-3-8-20-11-13-4-6-15(10-16(13)18)21-17-7-5-14(19)9-12(17)2/h4-7,9-10,20H,3,8,11H2,1-2H3. The maximum Gasteiger partial charge on any atom is 0.130 e. The van der Waals surface area contributed by atoms with E-state index in [1.54, 1.807) is 6.07 Å². The van der Waals surface area contributed by atoms with E-state index in [0.717, 1.165) is 35.3 Å². The molecule has 0 radical (unpaired) electrons. The van der Waals surface area contributed by atoms with Crippen LogP contribution in [0.15, 0.2) is 40.9 Å². The molecule has 21 heavy (non-hydrogen) atoms. The van der Waals surface area contributed by atoms with Crippen LogP contribution in [0.1, 0.15) is 24.5 Å². The highest BCUT2D eigenvalue weighted by molar-refractivity contribution is 9.10. The lowest BCUT2D eigenvalue weighted by Gasteiger charge is -2.11. The third-order valence-electron chi connectivity index (χ3n) is 3.13. The van der Waals surface area contributed by atoms with E-state index in [2.05, 4.69) is 28.2 Å². The second-order valence-corrected chi connectivity index (χ2v) is 5.80. The van der Waals surface area contributed by atoms with Crippen molar-refractivity contribution in [3.05, 3.63) is 57.8 Å². The minimum absolute atomic E-state index is 0.252. The summed E-state index contributed by atoms with van der Waals surface area (Å²) in [5.74, 6) is 1.15. The Hall–Kier alpha value is -1.39. The normalized spacial score (nSPS) is 10.7. The molecule has 0 aliphatic carbocycles. The van der Waals surface area contributed by atoms with Crippen molar-refractivity contribution < 1.29 is 9.13 Å². The molecule has 1 N–H and O–H groups in total. The molecule has 0 aromatic heterocycles. The Morgan fingerprint density at radius 2 is 2.00 bits per heavy atom.